The summed E-state index contributed by atoms with van der Waals surface area (Å²) in [5.74, 6) is -0.536. The van der Waals surface area contributed by atoms with Crippen molar-refractivity contribution in [2.45, 2.75) is 49.5 Å². The number of hydrogen-bond acceptors (Lipinski definition) is 13. The summed E-state index contributed by atoms with van der Waals surface area (Å²) >= 11 is 0. The fourth-order valence-electron chi connectivity index (χ4n) is 4.99. The molecule has 5 N–H and O–H groups in total. The zero-order valence-corrected chi connectivity index (χ0v) is 22.5. The zero-order chi connectivity index (χ0) is 30.1. The number of carbonyl (C=O) groups excluding carboxylic acids is 1. The molecule has 16 heteroatoms. The Morgan fingerprint density at radius 2 is 2.00 bits per heavy atom. The lowest BCUT2D eigenvalue weighted by molar-refractivity contribution is -0.304. The number of aromatic nitrogens is 4. The molecule has 0 radical (unpaired) electrons. The van der Waals surface area contributed by atoms with Crippen molar-refractivity contribution in [1.29, 1.82) is 0 Å². The summed E-state index contributed by atoms with van der Waals surface area (Å²) in [6.07, 6.45) is -2.16. The van der Waals surface area contributed by atoms with Crippen LogP contribution in [0.25, 0.3) is 16.8 Å². The number of ether oxygens (including phenoxy) is 3. The molecular weight excluding hydrogens is 571 g/mol. The molecule has 0 aliphatic carbocycles. The number of carbonyl (C=O) groups is 1. The number of hydroxylamine groups is 1. The molecule has 228 valence electrons. The molecule has 3 aliphatic rings. The predicted molar refractivity (Wildman–Crippen MR) is 143 cm³/mol. The van der Waals surface area contributed by atoms with Gasteiger partial charge in [0.1, 0.15) is 42.4 Å². The van der Waals surface area contributed by atoms with Crippen molar-refractivity contribution in [3.05, 3.63) is 66.5 Å². The fourth-order valence-corrected chi connectivity index (χ4v) is 4.99. The SMILES string of the molecule is O=C1O[C@@H](Cn2ccnn2)CN1c1ccc(-c2ccc(C3=C[C@@H](CO[C@@H]4O[C@H](CO)[C@@H](O)[C@H](O)[C@H]4O)ON3)nc2)c(F)c1. The van der Waals surface area contributed by atoms with Gasteiger partial charge in [0.2, 0.25) is 0 Å². The van der Waals surface area contributed by atoms with E-state index in [2.05, 4.69) is 20.8 Å². The van der Waals surface area contributed by atoms with Gasteiger partial charge >= 0.3 is 6.09 Å². The second kappa shape index (κ2) is 12.3. The minimum absolute atomic E-state index is 0.0827. The molecule has 0 bridgehead atoms. The molecule has 3 aliphatic heterocycles. The lowest BCUT2D eigenvalue weighted by atomic mass is 9.99. The Morgan fingerprint density at radius 1 is 1.14 bits per heavy atom. The van der Waals surface area contributed by atoms with Gasteiger partial charge < -0.3 is 34.6 Å². The second-order valence-corrected chi connectivity index (χ2v) is 10.2. The van der Waals surface area contributed by atoms with Gasteiger partial charge in [-0.15, -0.1) is 5.10 Å². The summed E-state index contributed by atoms with van der Waals surface area (Å²) in [5.41, 5.74) is 4.96. The number of rotatable bonds is 9. The van der Waals surface area contributed by atoms with Gasteiger partial charge in [0, 0.05) is 23.5 Å². The molecule has 7 atom stereocenters. The molecule has 43 heavy (non-hydrogen) atoms. The van der Waals surface area contributed by atoms with Crippen molar-refractivity contribution >= 4 is 17.5 Å². The molecule has 1 aromatic carbocycles. The van der Waals surface area contributed by atoms with E-state index in [1.807, 2.05) is 0 Å². The van der Waals surface area contributed by atoms with Gasteiger partial charge in [-0.3, -0.25) is 20.2 Å². The topological polar surface area (TPSA) is 194 Å². The maximum Gasteiger partial charge on any atom is 0.414 e. The smallest absolute Gasteiger partial charge is 0.414 e. The molecule has 15 nitrogen and oxygen atoms in total. The van der Waals surface area contributed by atoms with Crippen molar-refractivity contribution < 1.29 is 48.7 Å². The highest BCUT2D eigenvalue weighted by Gasteiger charge is 2.44. The van der Waals surface area contributed by atoms with E-state index < -0.39 is 61.4 Å². The number of nitrogens with one attached hydrogen (secondary N) is 1. The molecule has 0 unspecified atom stereocenters. The van der Waals surface area contributed by atoms with Crippen molar-refractivity contribution in [2.75, 3.05) is 24.7 Å². The number of benzene rings is 1. The highest BCUT2D eigenvalue weighted by molar-refractivity contribution is 5.90. The Hall–Kier alpha value is -4.03. The molecule has 1 amide bonds. The molecule has 5 heterocycles. The van der Waals surface area contributed by atoms with Crippen LogP contribution in [0.1, 0.15) is 5.69 Å². The average Bonchev–Trinajstić information content (AvgIpc) is 3.78. The van der Waals surface area contributed by atoms with Crippen LogP contribution in [0.2, 0.25) is 0 Å². The second-order valence-electron chi connectivity index (χ2n) is 10.2. The fraction of sp³-hybridized carbons (Fsp3) is 0.407. The first-order valence-corrected chi connectivity index (χ1v) is 13.4. The Bertz CT molecular complexity index is 1460. The van der Waals surface area contributed by atoms with Crippen LogP contribution in [0.3, 0.4) is 0 Å². The van der Waals surface area contributed by atoms with Crippen LogP contribution < -0.4 is 10.4 Å². The van der Waals surface area contributed by atoms with Crippen molar-refractivity contribution in [1.82, 2.24) is 25.5 Å². The Kier molecular flexibility index (Phi) is 8.31. The van der Waals surface area contributed by atoms with Crippen LogP contribution >= 0.6 is 0 Å². The molecule has 3 aromatic rings. The molecule has 0 spiro atoms. The first-order valence-electron chi connectivity index (χ1n) is 13.4. The number of nitrogens with zero attached hydrogens (tertiary/aromatic N) is 5. The van der Waals surface area contributed by atoms with E-state index in [1.54, 1.807) is 41.2 Å². The van der Waals surface area contributed by atoms with E-state index in [9.17, 15) is 25.2 Å². The summed E-state index contributed by atoms with van der Waals surface area (Å²) in [7, 11) is 0. The van der Waals surface area contributed by atoms with E-state index in [0.29, 0.717) is 34.8 Å². The van der Waals surface area contributed by atoms with Crippen LogP contribution in [0.5, 0.6) is 0 Å². The summed E-state index contributed by atoms with van der Waals surface area (Å²) in [6.45, 7) is -0.0680. The van der Waals surface area contributed by atoms with E-state index in [-0.39, 0.29) is 13.2 Å². The van der Waals surface area contributed by atoms with Gasteiger partial charge in [-0.1, -0.05) is 11.3 Å². The number of pyridine rings is 1. The Balaban J connectivity index is 1.06. The lowest BCUT2D eigenvalue weighted by Gasteiger charge is -2.39. The van der Waals surface area contributed by atoms with Gasteiger partial charge in [0.05, 0.1) is 49.6 Å². The minimum Gasteiger partial charge on any atom is -0.442 e. The van der Waals surface area contributed by atoms with Crippen molar-refractivity contribution in [2.24, 2.45) is 0 Å². The predicted octanol–water partition coefficient (Wildman–Crippen LogP) is -0.435. The number of anilines is 1. The van der Waals surface area contributed by atoms with E-state index >= 15 is 4.39 Å². The Labute approximate surface area is 243 Å². The largest absolute Gasteiger partial charge is 0.442 e. The normalized spacial score (nSPS) is 29.0. The first-order chi connectivity index (χ1) is 20.8. The standard InChI is InChI=1S/C27H29FN6O9/c28-19-7-15(34-11-17(41-27(34)39)10-33-6-5-30-32-33)2-3-18(19)14-1-4-20(29-9-14)21-8-16(43-31-21)13-40-26-25(38)24(37)23(36)22(12-35)42-26/h1-9,16-17,22-26,31,35-38H,10-13H2/t16-,17-,22+,23+,24-,25+,26+/m0/s1. The zero-order valence-electron chi connectivity index (χ0n) is 22.5. The minimum atomic E-state index is -1.55. The summed E-state index contributed by atoms with van der Waals surface area (Å²) in [4.78, 5) is 23.6. The molecular formula is C27H29FN6O9. The van der Waals surface area contributed by atoms with Crippen LogP contribution in [0, 0.1) is 5.82 Å². The van der Waals surface area contributed by atoms with Crippen LogP contribution in [-0.4, -0.2) is 109 Å². The third-order valence-corrected chi connectivity index (χ3v) is 7.30. The van der Waals surface area contributed by atoms with Gasteiger partial charge in [-0.2, -0.15) is 0 Å². The van der Waals surface area contributed by atoms with Crippen molar-refractivity contribution in [3.63, 3.8) is 0 Å². The summed E-state index contributed by atoms with van der Waals surface area (Å²) in [5, 5.41) is 46.8. The summed E-state index contributed by atoms with van der Waals surface area (Å²) in [6, 6.07) is 7.86. The van der Waals surface area contributed by atoms with Gasteiger partial charge in [0.15, 0.2) is 6.29 Å². The maximum atomic E-state index is 15.2. The highest BCUT2D eigenvalue weighted by Crippen LogP contribution is 2.30. The van der Waals surface area contributed by atoms with E-state index in [1.165, 1.54) is 23.4 Å². The first kappa shape index (κ1) is 29.1. The van der Waals surface area contributed by atoms with E-state index in [4.69, 9.17) is 19.0 Å². The molecule has 2 fully saturated rings. The Morgan fingerprint density at radius 3 is 2.72 bits per heavy atom. The number of cyclic esters (lactones) is 1. The van der Waals surface area contributed by atoms with Gasteiger partial charge in [-0.05, 0) is 30.3 Å². The van der Waals surface area contributed by atoms with Crippen LogP contribution in [0.15, 0.2) is 55.0 Å². The third kappa shape index (κ3) is 6.07. The number of hydrogen-bond donors (Lipinski definition) is 5. The van der Waals surface area contributed by atoms with Crippen LogP contribution in [-0.2, 0) is 25.6 Å². The van der Waals surface area contributed by atoms with Crippen molar-refractivity contribution in [3.8, 4) is 11.1 Å². The average molecular weight is 601 g/mol. The lowest BCUT2D eigenvalue weighted by Crippen LogP contribution is -2.59. The van der Waals surface area contributed by atoms with Crippen LogP contribution in [0.4, 0.5) is 14.9 Å². The number of amides is 1. The summed E-state index contributed by atoms with van der Waals surface area (Å²) < 4.78 is 33.0. The number of aliphatic hydroxyl groups is 4. The molecule has 2 saturated heterocycles. The quantitative estimate of drug-likeness (QED) is 0.213. The maximum absolute atomic E-state index is 15.2. The molecule has 0 saturated carbocycles. The van der Waals surface area contributed by atoms with E-state index in [0.717, 1.165) is 0 Å². The number of aliphatic hydroxyl groups excluding tert-OH is 4. The van der Waals surface area contributed by atoms with Gasteiger partial charge in [-0.25, -0.2) is 13.9 Å². The number of halogens is 1. The molecule has 6 rings (SSSR count). The third-order valence-electron chi connectivity index (χ3n) is 7.30. The van der Waals surface area contributed by atoms with Gasteiger partial charge in [0.25, 0.3) is 0 Å². The highest BCUT2D eigenvalue weighted by atomic mass is 19.1. The molecule has 2 aromatic heterocycles. The monoisotopic (exact) mass is 600 g/mol.